The van der Waals surface area contributed by atoms with Crippen molar-refractivity contribution in [1.29, 1.82) is 0 Å². The molecule has 0 spiro atoms. The van der Waals surface area contributed by atoms with E-state index in [0.29, 0.717) is 12.3 Å². The number of alkyl halides is 1. The molecule has 0 fully saturated rings. The minimum absolute atomic E-state index is 0.134. The monoisotopic (exact) mass is 160 g/mol. The van der Waals surface area contributed by atoms with Crippen LogP contribution in [0.5, 0.6) is 0 Å². The summed E-state index contributed by atoms with van der Waals surface area (Å²) < 4.78 is 0. The van der Waals surface area contributed by atoms with Gasteiger partial charge < -0.3 is 0 Å². The standard InChI is InChI=1S/C8H13ClO/c1-2-8(10)6-4-3-5-7-9/h2H,1,3-7H2. The van der Waals surface area contributed by atoms with Crippen LogP contribution in [0.15, 0.2) is 12.7 Å². The first kappa shape index (κ1) is 9.70. The Kier molecular flexibility index (Phi) is 6.61. The summed E-state index contributed by atoms with van der Waals surface area (Å²) in [4.78, 5) is 10.6. The molecule has 0 saturated carbocycles. The quantitative estimate of drug-likeness (QED) is 0.332. The predicted molar refractivity (Wildman–Crippen MR) is 44.4 cm³/mol. The van der Waals surface area contributed by atoms with Crippen molar-refractivity contribution in [3.05, 3.63) is 12.7 Å². The lowest BCUT2D eigenvalue weighted by Gasteiger charge is -1.93. The van der Waals surface area contributed by atoms with Gasteiger partial charge in [-0.2, -0.15) is 0 Å². The van der Waals surface area contributed by atoms with Crippen molar-refractivity contribution in [1.82, 2.24) is 0 Å². The van der Waals surface area contributed by atoms with E-state index in [-0.39, 0.29) is 5.78 Å². The molecule has 0 rings (SSSR count). The molecule has 0 aromatic heterocycles. The normalized spacial score (nSPS) is 9.30. The van der Waals surface area contributed by atoms with Crippen molar-refractivity contribution < 1.29 is 4.79 Å². The minimum atomic E-state index is 0.134. The first-order valence-electron chi connectivity index (χ1n) is 3.52. The second kappa shape index (κ2) is 6.81. The number of hydrogen-bond donors (Lipinski definition) is 0. The maximum atomic E-state index is 10.6. The number of hydrogen-bond acceptors (Lipinski definition) is 1. The van der Waals surface area contributed by atoms with E-state index in [1.807, 2.05) is 0 Å². The maximum absolute atomic E-state index is 10.6. The fraction of sp³-hybridized carbons (Fsp3) is 0.625. The highest BCUT2D eigenvalue weighted by Gasteiger charge is 1.93. The van der Waals surface area contributed by atoms with Crippen LogP contribution in [0.4, 0.5) is 0 Å². The number of carbonyl (C=O) groups excluding carboxylic acids is 1. The molecular weight excluding hydrogens is 148 g/mol. The third-order valence-electron chi connectivity index (χ3n) is 1.28. The molecule has 58 valence electrons. The molecule has 0 aliphatic heterocycles. The highest BCUT2D eigenvalue weighted by molar-refractivity contribution is 6.17. The van der Waals surface area contributed by atoms with Crippen LogP contribution in [0.25, 0.3) is 0 Å². The number of ketones is 1. The summed E-state index contributed by atoms with van der Waals surface area (Å²) in [6.07, 6.45) is 4.99. The molecule has 0 unspecified atom stereocenters. The SMILES string of the molecule is C=CC(=O)CCCCCCl. The smallest absolute Gasteiger partial charge is 0.155 e. The Morgan fingerprint density at radius 2 is 2.10 bits per heavy atom. The van der Waals surface area contributed by atoms with Crippen LogP contribution in [0.1, 0.15) is 25.7 Å². The van der Waals surface area contributed by atoms with Gasteiger partial charge in [0.1, 0.15) is 0 Å². The first-order valence-corrected chi connectivity index (χ1v) is 4.06. The van der Waals surface area contributed by atoms with E-state index in [1.54, 1.807) is 0 Å². The molecule has 0 aromatic rings. The number of halogens is 1. The Balaban J connectivity index is 3.03. The summed E-state index contributed by atoms with van der Waals surface area (Å²) >= 11 is 5.45. The van der Waals surface area contributed by atoms with Gasteiger partial charge in [-0.3, -0.25) is 4.79 Å². The summed E-state index contributed by atoms with van der Waals surface area (Å²) in [7, 11) is 0. The van der Waals surface area contributed by atoms with Crippen LogP contribution in [0.3, 0.4) is 0 Å². The van der Waals surface area contributed by atoms with Crippen molar-refractivity contribution in [2.75, 3.05) is 5.88 Å². The molecule has 0 heterocycles. The van der Waals surface area contributed by atoms with Gasteiger partial charge in [-0.05, 0) is 18.9 Å². The molecule has 0 atom stereocenters. The lowest BCUT2D eigenvalue weighted by atomic mass is 10.1. The summed E-state index contributed by atoms with van der Waals surface area (Å²) in [6.45, 7) is 3.38. The zero-order chi connectivity index (χ0) is 7.82. The Bertz CT molecular complexity index is 110. The Morgan fingerprint density at radius 1 is 1.40 bits per heavy atom. The third kappa shape index (κ3) is 5.83. The van der Waals surface area contributed by atoms with Crippen LogP contribution in [-0.2, 0) is 4.79 Å². The van der Waals surface area contributed by atoms with Crippen LogP contribution in [-0.4, -0.2) is 11.7 Å². The van der Waals surface area contributed by atoms with E-state index in [4.69, 9.17) is 11.6 Å². The second-order valence-electron chi connectivity index (χ2n) is 2.17. The van der Waals surface area contributed by atoms with Gasteiger partial charge in [0.05, 0.1) is 0 Å². The number of unbranched alkanes of at least 4 members (excludes halogenated alkanes) is 2. The van der Waals surface area contributed by atoms with Crippen LogP contribution < -0.4 is 0 Å². The summed E-state index contributed by atoms with van der Waals surface area (Å²) in [5.41, 5.74) is 0. The van der Waals surface area contributed by atoms with Crippen LogP contribution in [0, 0.1) is 0 Å². The second-order valence-corrected chi connectivity index (χ2v) is 2.55. The van der Waals surface area contributed by atoms with Gasteiger partial charge >= 0.3 is 0 Å². The highest BCUT2D eigenvalue weighted by atomic mass is 35.5. The molecular formula is C8H13ClO. The van der Waals surface area contributed by atoms with E-state index in [2.05, 4.69) is 6.58 Å². The molecule has 1 nitrogen and oxygen atoms in total. The Labute approximate surface area is 67.1 Å². The summed E-state index contributed by atoms with van der Waals surface area (Å²) in [5, 5.41) is 0. The molecule has 0 aromatic carbocycles. The van der Waals surface area contributed by atoms with E-state index in [9.17, 15) is 4.79 Å². The van der Waals surface area contributed by atoms with Crippen molar-refractivity contribution in [2.24, 2.45) is 0 Å². The highest BCUT2D eigenvalue weighted by Crippen LogP contribution is 2.01. The molecule has 0 N–H and O–H groups in total. The van der Waals surface area contributed by atoms with Gasteiger partial charge in [0.15, 0.2) is 5.78 Å². The fourth-order valence-electron chi connectivity index (χ4n) is 0.673. The van der Waals surface area contributed by atoms with Gasteiger partial charge in [-0.25, -0.2) is 0 Å². The summed E-state index contributed by atoms with van der Waals surface area (Å²) in [6, 6.07) is 0. The third-order valence-corrected chi connectivity index (χ3v) is 1.55. The molecule has 0 aliphatic carbocycles. The van der Waals surface area contributed by atoms with Gasteiger partial charge in [-0.1, -0.05) is 13.0 Å². The molecule has 0 amide bonds. The fourth-order valence-corrected chi connectivity index (χ4v) is 0.862. The number of rotatable bonds is 6. The lowest BCUT2D eigenvalue weighted by Crippen LogP contribution is -1.91. The molecule has 0 radical (unpaired) electrons. The summed E-state index contributed by atoms with van der Waals surface area (Å²) in [5.74, 6) is 0.831. The topological polar surface area (TPSA) is 17.1 Å². The van der Waals surface area contributed by atoms with Gasteiger partial charge in [0.25, 0.3) is 0 Å². The van der Waals surface area contributed by atoms with Crippen molar-refractivity contribution in [2.45, 2.75) is 25.7 Å². The Morgan fingerprint density at radius 3 is 2.60 bits per heavy atom. The van der Waals surface area contributed by atoms with Crippen molar-refractivity contribution >= 4 is 17.4 Å². The largest absolute Gasteiger partial charge is 0.295 e. The van der Waals surface area contributed by atoms with E-state index < -0.39 is 0 Å². The van der Waals surface area contributed by atoms with Crippen LogP contribution in [0.2, 0.25) is 0 Å². The van der Waals surface area contributed by atoms with E-state index in [0.717, 1.165) is 19.3 Å². The van der Waals surface area contributed by atoms with Gasteiger partial charge in [-0.15, -0.1) is 11.6 Å². The average Bonchev–Trinajstić information content (AvgIpc) is 1.98. The Hall–Kier alpha value is -0.300. The van der Waals surface area contributed by atoms with E-state index >= 15 is 0 Å². The van der Waals surface area contributed by atoms with Crippen LogP contribution >= 0.6 is 11.6 Å². The van der Waals surface area contributed by atoms with Crippen molar-refractivity contribution in [3.8, 4) is 0 Å². The first-order chi connectivity index (χ1) is 4.81. The zero-order valence-electron chi connectivity index (χ0n) is 6.11. The molecule has 2 heteroatoms. The number of allylic oxidation sites excluding steroid dienone is 1. The number of carbonyl (C=O) groups is 1. The van der Waals surface area contributed by atoms with Gasteiger partial charge in [0.2, 0.25) is 0 Å². The van der Waals surface area contributed by atoms with E-state index in [1.165, 1.54) is 6.08 Å². The van der Waals surface area contributed by atoms with Crippen molar-refractivity contribution in [3.63, 3.8) is 0 Å². The average molecular weight is 161 g/mol. The predicted octanol–water partition coefficient (Wildman–Crippen LogP) is 2.54. The van der Waals surface area contributed by atoms with Gasteiger partial charge in [0, 0.05) is 12.3 Å². The minimum Gasteiger partial charge on any atom is -0.295 e. The maximum Gasteiger partial charge on any atom is 0.155 e. The molecule has 0 aliphatic rings. The molecule has 10 heavy (non-hydrogen) atoms. The molecule has 0 bridgehead atoms. The molecule has 0 saturated heterocycles. The lowest BCUT2D eigenvalue weighted by molar-refractivity contribution is -0.114. The zero-order valence-corrected chi connectivity index (χ0v) is 6.86.